The highest BCUT2D eigenvalue weighted by molar-refractivity contribution is 6.32. The van der Waals surface area contributed by atoms with E-state index in [0.29, 0.717) is 6.54 Å². The van der Waals surface area contributed by atoms with E-state index >= 15 is 0 Å². The van der Waals surface area contributed by atoms with Crippen LogP contribution in [0.4, 0.5) is 11.4 Å². The molecule has 0 radical (unpaired) electrons. The summed E-state index contributed by atoms with van der Waals surface area (Å²) < 4.78 is 0. The zero-order valence-corrected chi connectivity index (χ0v) is 13.5. The van der Waals surface area contributed by atoms with E-state index in [4.69, 9.17) is 11.6 Å². The summed E-state index contributed by atoms with van der Waals surface area (Å²) in [4.78, 5) is 24.9. The van der Waals surface area contributed by atoms with Gasteiger partial charge in [-0.15, -0.1) is 0 Å². The lowest BCUT2D eigenvalue weighted by atomic mass is 10.1. The van der Waals surface area contributed by atoms with Crippen molar-refractivity contribution in [2.45, 2.75) is 19.8 Å². The number of rotatable bonds is 6. The number of hydrogen-bond donors (Lipinski definition) is 0. The molecule has 1 amide bonds. The number of para-hydroxylation sites is 1. The summed E-state index contributed by atoms with van der Waals surface area (Å²) in [5.74, 6) is -0.274. The number of anilines is 1. The molecule has 0 saturated carbocycles. The van der Waals surface area contributed by atoms with Crippen LogP contribution >= 0.6 is 11.6 Å². The van der Waals surface area contributed by atoms with Crippen molar-refractivity contribution in [3.8, 4) is 0 Å². The molecule has 2 aromatic carbocycles. The molecule has 0 fully saturated rings. The third-order valence-corrected chi connectivity index (χ3v) is 3.76. The van der Waals surface area contributed by atoms with Crippen molar-refractivity contribution in [3.63, 3.8) is 0 Å². The van der Waals surface area contributed by atoms with Crippen LogP contribution in [0.5, 0.6) is 0 Å². The first-order valence-corrected chi connectivity index (χ1v) is 7.73. The molecule has 0 aliphatic rings. The number of carbonyl (C=O) groups excluding carboxylic acids is 1. The molecule has 0 aliphatic heterocycles. The van der Waals surface area contributed by atoms with Gasteiger partial charge < -0.3 is 4.90 Å². The summed E-state index contributed by atoms with van der Waals surface area (Å²) in [6.07, 6.45) is 1.79. The number of nitro groups is 1. The first kappa shape index (κ1) is 17.0. The molecule has 120 valence electrons. The molecule has 0 atom stereocenters. The van der Waals surface area contributed by atoms with Gasteiger partial charge in [-0.25, -0.2) is 0 Å². The molecule has 23 heavy (non-hydrogen) atoms. The molecule has 0 aromatic heterocycles. The van der Waals surface area contributed by atoms with Gasteiger partial charge in [0.05, 0.1) is 4.92 Å². The number of nitro benzene ring substituents is 1. The highest BCUT2D eigenvalue weighted by Crippen LogP contribution is 2.27. The Morgan fingerprint density at radius 2 is 1.91 bits per heavy atom. The monoisotopic (exact) mass is 332 g/mol. The van der Waals surface area contributed by atoms with E-state index in [2.05, 4.69) is 0 Å². The van der Waals surface area contributed by atoms with Gasteiger partial charge in [0.1, 0.15) is 5.02 Å². The van der Waals surface area contributed by atoms with E-state index < -0.39 is 4.92 Å². The van der Waals surface area contributed by atoms with E-state index in [1.165, 1.54) is 18.2 Å². The van der Waals surface area contributed by atoms with Crippen molar-refractivity contribution in [2.75, 3.05) is 11.4 Å². The maximum absolute atomic E-state index is 12.8. The second-order valence-corrected chi connectivity index (χ2v) is 5.48. The average molecular weight is 333 g/mol. The quantitative estimate of drug-likeness (QED) is 0.569. The van der Waals surface area contributed by atoms with E-state index in [1.54, 1.807) is 4.90 Å². The summed E-state index contributed by atoms with van der Waals surface area (Å²) in [7, 11) is 0. The zero-order valence-electron chi connectivity index (χ0n) is 12.7. The van der Waals surface area contributed by atoms with Crippen molar-refractivity contribution in [3.05, 3.63) is 69.2 Å². The maximum atomic E-state index is 12.8. The lowest BCUT2D eigenvalue weighted by Gasteiger charge is -2.22. The molecule has 0 saturated heterocycles. The van der Waals surface area contributed by atoms with Crippen LogP contribution in [-0.4, -0.2) is 17.4 Å². The minimum absolute atomic E-state index is 0.0198. The smallest absolute Gasteiger partial charge is 0.288 e. The third-order valence-electron chi connectivity index (χ3n) is 3.44. The second kappa shape index (κ2) is 7.74. The molecule has 0 spiro atoms. The molecule has 2 aromatic rings. The Morgan fingerprint density at radius 3 is 2.52 bits per heavy atom. The van der Waals surface area contributed by atoms with Gasteiger partial charge in [0.15, 0.2) is 0 Å². The van der Waals surface area contributed by atoms with Gasteiger partial charge in [-0.1, -0.05) is 43.1 Å². The first-order chi connectivity index (χ1) is 11.0. The SMILES string of the molecule is CCCCN(C(=O)c1ccc(Cl)c([N+](=O)[O-])c1)c1ccccc1. The predicted molar refractivity (Wildman–Crippen MR) is 91.1 cm³/mol. The largest absolute Gasteiger partial charge is 0.308 e. The Balaban J connectivity index is 2.37. The second-order valence-electron chi connectivity index (χ2n) is 5.07. The van der Waals surface area contributed by atoms with Crippen molar-refractivity contribution in [1.82, 2.24) is 0 Å². The number of halogens is 1. The number of benzene rings is 2. The normalized spacial score (nSPS) is 10.3. The Morgan fingerprint density at radius 1 is 1.22 bits per heavy atom. The van der Waals surface area contributed by atoms with E-state index in [9.17, 15) is 14.9 Å². The molecule has 0 unspecified atom stereocenters. The van der Waals surface area contributed by atoms with Crippen LogP contribution in [-0.2, 0) is 0 Å². The molecular formula is C17H17ClN2O3. The number of nitrogens with zero attached hydrogens (tertiary/aromatic N) is 2. The molecule has 2 rings (SSSR count). The van der Waals surface area contributed by atoms with E-state index in [1.807, 2.05) is 37.3 Å². The van der Waals surface area contributed by atoms with Gasteiger partial charge in [0.25, 0.3) is 11.6 Å². The van der Waals surface area contributed by atoms with Gasteiger partial charge in [0.2, 0.25) is 0 Å². The zero-order chi connectivity index (χ0) is 16.8. The van der Waals surface area contributed by atoms with Crippen LogP contribution in [0.15, 0.2) is 48.5 Å². The van der Waals surface area contributed by atoms with Crippen LogP contribution in [0.1, 0.15) is 30.1 Å². The minimum Gasteiger partial charge on any atom is -0.308 e. The minimum atomic E-state index is -0.585. The number of carbonyl (C=O) groups is 1. The maximum Gasteiger partial charge on any atom is 0.288 e. The summed E-state index contributed by atoms with van der Waals surface area (Å²) >= 11 is 5.81. The molecule has 5 nitrogen and oxygen atoms in total. The average Bonchev–Trinajstić information content (AvgIpc) is 2.56. The molecule has 0 aliphatic carbocycles. The van der Waals surface area contributed by atoms with Crippen LogP contribution in [0.2, 0.25) is 5.02 Å². The van der Waals surface area contributed by atoms with Gasteiger partial charge in [0, 0.05) is 23.9 Å². The number of unbranched alkanes of at least 4 members (excludes halogenated alkanes) is 1. The Labute approximate surface area is 139 Å². The lowest BCUT2D eigenvalue weighted by molar-refractivity contribution is -0.384. The van der Waals surface area contributed by atoms with Crippen molar-refractivity contribution >= 4 is 28.9 Å². The molecule has 6 heteroatoms. The first-order valence-electron chi connectivity index (χ1n) is 7.35. The van der Waals surface area contributed by atoms with Crippen molar-refractivity contribution in [1.29, 1.82) is 0 Å². The van der Waals surface area contributed by atoms with Gasteiger partial charge in [-0.05, 0) is 30.7 Å². The van der Waals surface area contributed by atoms with Crippen LogP contribution in [0, 0.1) is 10.1 Å². The fourth-order valence-electron chi connectivity index (χ4n) is 2.21. The van der Waals surface area contributed by atoms with Crippen LogP contribution < -0.4 is 4.90 Å². The summed E-state index contributed by atoms with van der Waals surface area (Å²) in [5.41, 5.74) is 0.755. The Kier molecular flexibility index (Phi) is 5.71. The fourth-order valence-corrected chi connectivity index (χ4v) is 2.40. The van der Waals surface area contributed by atoms with Gasteiger partial charge in [-0.3, -0.25) is 14.9 Å². The predicted octanol–water partition coefficient (Wildman–Crippen LogP) is 4.70. The standard InChI is InChI=1S/C17H17ClN2O3/c1-2-3-11-19(14-7-5-4-6-8-14)17(21)13-9-10-15(18)16(12-13)20(22)23/h4-10,12H,2-3,11H2,1H3. The molecule has 0 heterocycles. The molecular weight excluding hydrogens is 316 g/mol. The van der Waals surface area contributed by atoms with Crippen LogP contribution in [0.25, 0.3) is 0 Å². The number of hydrogen-bond acceptors (Lipinski definition) is 3. The van der Waals surface area contributed by atoms with Gasteiger partial charge in [-0.2, -0.15) is 0 Å². The summed E-state index contributed by atoms with van der Waals surface area (Å²) in [5, 5.41) is 11.0. The summed E-state index contributed by atoms with van der Waals surface area (Å²) in [6.45, 7) is 2.59. The topological polar surface area (TPSA) is 63.5 Å². The Hall–Kier alpha value is -2.40. The van der Waals surface area contributed by atoms with E-state index in [0.717, 1.165) is 18.5 Å². The third kappa shape index (κ3) is 4.07. The van der Waals surface area contributed by atoms with Crippen molar-refractivity contribution in [2.24, 2.45) is 0 Å². The van der Waals surface area contributed by atoms with Gasteiger partial charge >= 0.3 is 0 Å². The van der Waals surface area contributed by atoms with Crippen molar-refractivity contribution < 1.29 is 9.72 Å². The molecule has 0 bridgehead atoms. The highest BCUT2D eigenvalue weighted by Gasteiger charge is 2.21. The highest BCUT2D eigenvalue weighted by atomic mass is 35.5. The lowest BCUT2D eigenvalue weighted by Crippen LogP contribution is -2.31. The summed E-state index contributed by atoms with van der Waals surface area (Å²) in [6, 6.07) is 13.4. The molecule has 0 N–H and O–H groups in total. The number of amides is 1. The Bertz CT molecular complexity index is 704. The fraction of sp³-hybridized carbons (Fsp3) is 0.235. The van der Waals surface area contributed by atoms with E-state index in [-0.39, 0.29) is 22.2 Å². The van der Waals surface area contributed by atoms with Crippen LogP contribution in [0.3, 0.4) is 0 Å².